The summed E-state index contributed by atoms with van der Waals surface area (Å²) in [6.45, 7) is 7.20. The fraction of sp³-hybridized carbons (Fsp3) is 0.357. The Balaban J connectivity index is 3.13. The molecule has 19 heavy (non-hydrogen) atoms. The molecule has 0 bridgehead atoms. The van der Waals surface area contributed by atoms with E-state index in [9.17, 15) is 8.42 Å². The number of nitrogens with zero attached hydrogens (tertiary/aromatic N) is 1. The molecule has 102 valence electrons. The highest BCUT2D eigenvalue weighted by atomic mass is 32.2. The third-order valence-electron chi connectivity index (χ3n) is 2.44. The number of hydrogen-bond acceptors (Lipinski definition) is 4. The van der Waals surface area contributed by atoms with E-state index in [1.54, 1.807) is 39.0 Å². The highest BCUT2D eigenvalue weighted by molar-refractivity contribution is 7.86. The molecule has 0 aliphatic rings. The molecule has 0 saturated heterocycles. The van der Waals surface area contributed by atoms with Crippen molar-refractivity contribution >= 4 is 10.1 Å². The molecule has 1 aromatic rings. The van der Waals surface area contributed by atoms with Crippen LogP contribution in [0.1, 0.15) is 26.3 Å². The molecule has 0 amide bonds. The fourth-order valence-electron chi connectivity index (χ4n) is 1.30. The van der Waals surface area contributed by atoms with Crippen LogP contribution in [0.5, 0.6) is 0 Å². The van der Waals surface area contributed by atoms with Crippen molar-refractivity contribution in [1.29, 1.82) is 5.26 Å². The van der Waals surface area contributed by atoms with Crippen molar-refractivity contribution in [2.24, 2.45) is 5.41 Å². The van der Waals surface area contributed by atoms with Crippen molar-refractivity contribution in [3.63, 3.8) is 0 Å². The predicted octanol–water partition coefficient (Wildman–Crippen LogP) is 3.15. The van der Waals surface area contributed by atoms with Gasteiger partial charge in [0, 0.05) is 5.41 Å². The van der Waals surface area contributed by atoms with Crippen molar-refractivity contribution < 1.29 is 12.6 Å². The Morgan fingerprint density at radius 3 is 2.21 bits per heavy atom. The number of hydrogen-bond donors (Lipinski definition) is 0. The van der Waals surface area contributed by atoms with Gasteiger partial charge in [-0.25, -0.2) is 0 Å². The number of benzene rings is 1. The summed E-state index contributed by atoms with van der Waals surface area (Å²) in [5, 5.41) is 8.70. The molecular weight excluding hydrogens is 262 g/mol. The van der Waals surface area contributed by atoms with Crippen LogP contribution in [0.2, 0.25) is 0 Å². The van der Waals surface area contributed by atoms with Gasteiger partial charge in [-0.3, -0.25) is 0 Å². The van der Waals surface area contributed by atoms with Crippen molar-refractivity contribution in [2.75, 3.05) is 0 Å². The number of rotatable bonds is 3. The lowest BCUT2D eigenvalue weighted by atomic mass is 9.94. The van der Waals surface area contributed by atoms with Crippen LogP contribution in [0.25, 0.3) is 0 Å². The van der Waals surface area contributed by atoms with Crippen molar-refractivity contribution in [1.82, 2.24) is 0 Å². The Hall–Kier alpha value is -1.80. The lowest BCUT2D eigenvalue weighted by molar-refractivity contribution is 0.296. The molecule has 0 heterocycles. The van der Waals surface area contributed by atoms with Gasteiger partial charge in [-0.2, -0.15) is 13.7 Å². The summed E-state index contributed by atoms with van der Waals surface area (Å²) in [6, 6.07) is 8.16. The minimum absolute atomic E-state index is 0.0752. The second-order valence-electron chi connectivity index (χ2n) is 5.24. The van der Waals surface area contributed by atoms with Gasteiger partial charge in [-0.1, -0.05) is 38.5 Å². The van der Waals surface area contributed by atoms with Crippen LogP contribution in [0.3, 0.4) is 0 Å². The standard InChI is InChI=1S/C14H17NO3S/c1-11-5-7-12(8-6-11)19(16,17)18-13(9-10-15)14(2,3)4/h5-9H,1-4H3/b13-9+. The Kier molecular flexibility index (Phi) is 4.38. The largest absolute Gasteiger partial charge is 0.382 e. The Bertz CT molecular complexity index is 614. The molecule has 5 heteroatoms. The van der Waals surface area contributed by atoms with Gasteiger partial charge in [0.1, 0.15) is 10.7 Å². The molecule has 0 N–H and O–H groups in total. The number of nitriles is 1. The monoisotopic (exact) mass is 279 g/mol. The highest BCUT2D eigenvalue weighted by Crippen LogP contribution is 2.29. The molecule has 0 fully saturated rings. The van der Waals surface area contributed by atoms with E-state index in [1.165, 1.54) is 12.1 Å². The Morgan fingerprint density at radius 1 is 1.26 bits per heavy atom. The molecule has 0 aliphatic heterocycles. The maximum Gasteiger partial charge on any atom is 0.338 e. The zero-order valence-corrected chi connectivity index (χ0v) is 12.3. The fourth-order valence-corrected chi connectivity index (χ4v) is 2.40. The lowest BCUT2D eigenvalue weighted by Crippen LogP contribution is -2.17. The van der Waals surface area contributed by atoms with Crippen LogP contribution in [0.4, 0.5) is 0 Å². The molecule has 0 unspecified atom stereocenters. The lowest BCUT2D eigenvalue weighted by Gasteiger charge is -2.21. The first-order chi connectivity index (χ1) is 8.66. The van der Waals surface area contributed by atoms with E-state index < -0.39 is 15.5 Å². The maximum absolute atomic E-state index is 12.1. The zero-order chi connectivity index (χ0) is 14.7. The Morgan fingerprint density at radius 2 is 1.79 bits per heavy atom. The average molecular weight is 279 g/mol. The average Bonchev–Trinajstić information content (AvgIpc) is 2.27. The van der Waals surface area contributed by atoms with E-state index in [2.05, 4.69) is 0 Å². The summed E-state index contributed by atoms with van der Waals surface area (Å²) in [5.74, 6) is 0.121. The second kappa shape index (κ2) is 5.45. The molecule has 4 nitrogen and oxygen atoms in total. The predicted molar refractivity (Wildman–Crippen MR) is 72.6 cm³/mol. The molecule has 1 aromatic carbocycles. The van der Waals surface area contributed by atoms with Gasteiger partial charge in [0.25, 0.3) is 0 Å². The van der Waals surface area contributed by atoms with Crippen LogP contribution in [0.15, 0.2) is 41.0 Å². The summed E-state index contributed by atoms with van der Waals surface area (Å²) in [6.07, 6.45) is 1.12. The smallest absolute Gasteiger partial charge is 0.338 e. The summed E-state index contributed by atoms with van der Waals surface area (Å²) in [5.41, 5.74) is 0.399. The van der Waals surface area contributed by atoms with Crippen LogP contribution in [-0.4, -0.2) is 8.42 Å². The maximum atomic E-state index is 12.1. The first-order valence-electron chi connectivity index (χ1n) is 5.78. The zero-order valence-electron chi connectivity index (χ0n) is 11.5. The summed E-state index contributed by atoms with van der Waals surface area (Å²) < 4.78 is 29.3. The molecule has 1 rings (SSSR count). The van der Waals surface area contributed by atoms with Gasteiger partial charge < -0.3 is 4.18 Å². The summed E-state index contributed by atoms with van der Waals surface area (Å²) in [7, 11) is -3.90. The van der Waals surface area contributed by atoms with Gasteiger partial charge in [-0.15, -0.1) is 0 Å². The minimum atomic E-state index is -3.90. The van der Waals surface area contributed by atoms with Gasteiger partial charge in [-0.05, 0) is 19.1 Å². The first kappa shape index (κ1) is 15.3. The molecule has 0 aliphatic carbocycles. The van der Waals surface area contributed by atoms with Crippen LogP contribution in [-0.2, 0) is 14.3 Å². The first-order valence-corrected chi connectivity index (χ1v) is 7.19. The van der Waals surface area contributed by atoms with E-state index in [1.807, 2.05) is 6.92 Å². The van der Waals surface area contributed by atoms with E-state index in [0.717, 1.165) is 11.6 Å². The summed E-state index contributed by atoms with van der Waals surface area (Å²) in [4.78, 5) is 0.0752. The van der Waals surface area contributed by atoms with Gasteiger partial charge in [0.15, 0.2) is 0 Å². The molecule has 0 saturated carbocycles. The van der Waals surface area contributed by atoms with Crippen LogP contribution >= 0.6 is 0 Å². The third kappa shape index (κ3) is 4.11. The summed E-state index contributed by atoms with van der Waals surface area (Å²) >= 11 is 0. The van der Waals surface area contributed by atoms with E-state index >= 15 is 0 Å². The van der Waals surface area contributed by atoms with E-state index in [0.29, 0.717) is 0 Å². The molecule has 0 spiro atoms. The van der Waals surface area contributed by atoms with Gasteiger partial charge in [0.05, 0.1) is 12.1 Å². The second-order valence-corrected chi connectivity index (χ2v) is 6.78. The van der Waals surface area contributed by atoms with Crippen molar-refractivity contribution in [3.05, 3.63) is 41.7 Å². The normalized spacial score (nSPS) is 12.9. The molecule has 0 radical (unpaired) electrons. The van der Waals surface area contributed by atoms with E-state index in [4.69, 9.17) is 9.44 Å². The molecular formula is C14H17NO3S. The number of aryl methyl sites for hydroxylation is 1. The van der Waals surface area contributed by atoms with Crippen LogP contribution < -0.4 is 0 Å². The topological polar surface area (TPSA) is 67.2 Å². The van der Waals surface area contributed by atoms with Crippen LogP contribution in [0, 0.1) is 23.7 Å². The molecule has 0 atom stereocenters. The quantitative estimate of drug-likeness (QED) is 0.484. The van der Waals surface area contributed by atoms with Crippen molar-refractivity contribution in [2.45, 2.75) is 32.6 Å². The van der Waals surface area contributed by atoms with Gasteiger partial charge in [0.2, 0.25) is 0 Å². The molecule has 0 aromatic heterocycles. The SMILES string of the molecule is Cc1ccc(S(=O)(=O)O/C(=C/C#N)C(C)(C)C)cc1. The number of allylic oxidation sites excluding steroid dienone is 2. The third-order valence-corrected chi connectivity index (χ3v) is 3.69. The Labute approximate surface area is 114 Å². The highest BCUT2D eigenvalue weighted by Gasteiger charge is 2.26. The van der Waals surface area contributed by atoms with Crippen molar-refractivity contribution in [3.8, 4) is 6.07 Å². The van der Waals surface area contributed by atoms with E-state index in [-0.39, 0.29) is 10.7 Å². The van der Waals surface area contributed by atoms with Gasteiger partial charge >= 0.3 is 10.1 Å². The minimum Gasteiger partial charge on any atom is -0.382 e.